The van der Waals surface area contributed by atoms with Crippen LogP contribution in [0.4, 0.5) is 0 Å². The summed E-state index contributed by atoms with van der Waals surface area (Å²) in [6.45, 7) is 3.68. The van der Waals surface area contributed by atoms with Crippen molar-refractivity contribution in [1.82, 2.24) is 4.90 Å². The number of aromatic hydroxyl groups is 2. The lowest BCUT2D eigenvalue weighted by Gasteiger charge is -2.19. The Kier molecular flexibility index (Phi) is 8.34. The Hall–Kier alpha value is -3.24. The Bertz CT molecular complexity index is 974. The molecule has 0 saturated carbocycles. The molecule has 168 valence electrons. The lowest BCUT2D eigenvalue weighted by atomic mass is 9.87. The monoisotopic (exact) mass is 431 g/mol. The van der Waals surface area contributed by atoms with Crippen molar-refractivity contribution in [3.05, 3.63) is 89.5 Å². The summed E-state index contributed by atoms with van der Waals surface area (Å²) in [6.07, 6.45) is 3.05. The molecule has 3 aromatic carbocycles. The van der Waals surface area contributed by atoms with Crippen LogP contribution in [0.3, 0.4) is 0 Å². The van der Waals surface area contributed by atoms with E-state index < -0.39 is 0 Å². The predicted octanol–water partition coefficient (Wildman–Crippen LogP) is 6.19. The van der Waals surface area contributed by atoms with Gasteiger partial charge in [0.2, 0.25) is 0 Å². The molecule has 3 rings (SSSR count). The van der Waals surface area contributed by atoms with E-state index in [0.717, 1.165) is 53.8 Å². The van der Waals surface area contributed by atoms with E-state index in [1.165, 1.54) is 5.57 Å². The topological polar surface area (TPSA) is 52.9 Å². The Morgan fingerprint density at radius 2 is 1.41 bits per heavy atom. The Morgan fingerprint density at radius 3 is 1.94 bits per heavy atom. The van der Waals surface area contributed by atoms with E-state index in [1.807, 2.05) is 50.5 Å². The first-order valence-corrected chi connectivity index (χ1v) is 11.2. The minimum atomic E-state index is 0.241. The fourth-order valence-electron chi connectivity index (χ4n) is 3.66. The Labute approximate surface area is 191 Å². The summed E-state index contributed by atoms with van der Waals surface area (Å²) in [5.41, 5.74) is 5.50. The average Bonchev–Trinajstić information content (AvgIpc) is 2.78. The van der Waals surface area contributed by atoms with Gasteiger partial charge in [-0.3, -0.25) is 0 Å². The van der Waals surface area contributed by atoms with E-state index in [2.05, 4.69) is 24.0 Å². The summed E-state index contributed by atoms with van der Waals surface area (Å²) >= 11 is 0. The maximum atomic E-state index is 9.83. The van der Waals surface area contributed by atoms with Crippen LogP contribution in [0.25, 0.3) is 11.1 Å². The first-order chi connectivity index (χ1) is 15.5. The van der Waals surface area contributed by atoms with Gasteiger partial charge in [0, 0.05) is 6.54 Å². The number of benzene rings is 3. The molecular weight excluding hydrogens is 398 g/mol. The van der Waals surface area contributed by atoms with Gasteiger partial charge in [0.25, 0.3) is 0 Å². The van der Waals surface area contributed by atoms with Gasteiger partial charge in [-0.05, 0) is 91.2 Å². The molecule has 0 aliphatic carbocycles. The highest BCUT2D eigenvalue weighted by molar-refractivity contribution is 5.98. The number of hydrogen-bond acceptors (Lipinski definition) is 4. The van der Waals surface area contributed by atoms with Gasteiger partial charge in [-0.1, -0.05) is 49.7 Å². The maximum absolute atomic E-state index is 9.83. The molecule has 0 amide bonds. The third-order valence-electron chi connectivity index (χ3n) is 5.38. The van der Waals surface area contributed by atoms with Crippen LogP contribution in [0, 0.1) is 0 Å². The van der Waals surface area contributed by atoms with E-state index in [1.54, 1.807) is 24.3 Å². The second-order valence-corrected chi connectivity index (χ2v) is 8.23. The van der Waals surface area contributed by atoms with Crippen LogP contribution in [0.1, 0.15) is 42.9 Å². The quantitative estimate of drug-likeness (QED) is 0.376. The number of phenolic OH excluding ortho intramolecular Hbond substituents is 2. The molecule has 3 aromatic rings. The predicted molar refractivity (Wildman–Crippen MR) is 132 cm³/mol. The molecule has 0 aliphatic rings. The fourth-order valence-corrected chi connectivity index (χ4v) is 3.66. The number of hydrogen-bond donors (Lipinski definition) is 2. The molecule has 4 heteroatoms. The number of phenols is 2. The third-order valence-corrected chi connectivity index (χ3v) is 5.38. The average molecular weight is 432 g/mol. The zero-order valence-electron chi connectivity index (χ0n) is 19.2. The number of rotatable bonds is 10. The molecule has 32 heavy (non-hydrogen) atoms. The lowest BCUT2D eigenvalue weighted by molar-refractivity contribution is 0.261. The molecule has 0 fully saturated rings. The molecule has 0 heterocycles. The Balaban J connectivity index is 2.13. The largest absolute Gasteiger partial charge is 0.508 e. The van der Waals surface area contributed by atoms with E-state index >= 15 is 0 Å². The maximum Gasteiger partial charge on any atom is 0.119 e. The van der Waals surface area contributed by atoms with E-state index in [4.69, 9.17) is 4.74 Å². The van der Waals surface area contributed by atoms with Crippen molar-refractivity contribution in [2.75, 3.05) is 27.2 Å². The fraction of sp³-hybridized carbons (Fsp3) is 0.286. The smallest absolute Gasteiger partial charge is 0.119 e. The van der Waals surface area contributed by atoms with Crippen molar-refractivity contribution < 1.29 is 14.9 Å². The summed E-state index contributed by atoms with van der Waals surface area (Å²) in [5, 5.41) is 19.7. The summed E-state index contributed by atoms with van der Waals surface area (Å²) in [7, 11) is 4.07. The second kappa shape index (κ2) is 11.4. The van der Waals surface area contributed by atoms with E-state index in [9.17, 15) is 10.2 Å². The molecule has 4 nitrogen and oxygen atoms in total. The van der Waals surface area contributed by atoms with Gasteiger partial charge in [0.05, 0.1) is 0 Å². The molecule has 0 radical (unpaired) electrons. The number of likely N-dealkylation sites (N-methyl/N-ethyl adjacent to an activating group) is 1. The molecule has 0 aromatic heterocycles. The van der Waals surface area contributed by atoms with Gasteiger partial charge in [-0.25, -0.2) is 0 Å². The minimum absolute atomic E-state index is 0.241. The van der Waals surface area contributed by atoms with Crippen molar-refractivity contribution in [2.45, 2.75) is 26.2 Å². The molecule has 0 spiro atoms. The molecule has 2 N–H and O–H groups in total. The zero-order chi connectivity index (χ0) is 22.9. The van der Waals surface area contributed by atoms with E-state index in [-0.39, 0.29) is 11.5 Å². The van der Waals surface area contributed by atoms with Gasteiger partial charge in [0.15, 0.2) is 0 Å². The van der Waals surface area contributed by atoms with Crippen molar-refractivity contribution in [3.8, 4) is 17.2 Å². The first kappa shape index (κ1) is 23.4. The molecular formula is C28H33NO3. The van der Waals surface area contributed by atoms with Crippen LogP contribution in [0.15, 0.2) is 72.8 Å². The van der Waals surface area contributed by atoms with Crippen molar-refractivity contribution in [1.29, 1.82) is 0 Å². The van der Waals surface area contributed by atoms with Gasteiger partial charge < -0.3 is 19.8 Å². The van der Waals surface area contributed by atoms with Crippen molar-refractivity contribution in [2.24, 2.45) is 0 Å². The highest BCUT2D eigenvalue weighted by Crippen LogP contribution is 2.37. The van der Waals surface area contributed by atoms with Crippen LogP contribution in [0.2, 0.25) is 0 Å². The van der Waals surface area contributed by atoms with Gasteiger partial charge in [-0.2, -0.15) is 0 Å². The normalized spacial score (nSPS) is 10.9. The summed E-state index contributed by atoms with van der Waals surface area (Å²) in [4.78, 5) is 2.10. The standard InChI is InChI=1S/C28H33NO3/c1-4-5-9-27(23-7-6-8-26(20-23)32-19-18-29(2)3)28(21-10-14-24(30)15-11-21)22-12-16-25(31)17-13-22/h6-8,10-17,20,30-31H,4-5,9,18-19H2,1-3H3. The number of unbranched alkanes of at least 4 members (excludes halogenated alkanes) is 1. The summed E-state index contributed by atoms with van der Waals surface area (Å²) < 4.78 is 6.00. The van der Waals surface area contributed by atoms with Crippen molar-refractivity contribution in [3.63, 3.8) is 0 Å². The first-order valence-electron chi connectivity index (χ1n) is 11.2. The van der Waals surface area contributed by atoms with Crippen LogP contribution in [-0.2, 0) is 0 Å². The number of allylic oxidation sites excluding steroid dienone is 1. The lowest BCUT2D eigenvalue weighted by Crippen LogP contribution is -2.19. The molecule has 0 aliphatic heterocycles. The minimum Gasteiger partial charge on any atom is -0.508 e. The van der Waals surface area contributed by atoms with Crippen LogP contribution < -0.4 is 4.74 Å². The molecule has 0 saturated heterocycles. The summed E-state index contributed by atoms with van der Waals surface area (Å²) in [5.74, 6) is 1.34. The van der Waals surface area contributed by atoms with Gasteiger partial charge in [-0.15, -0.1) is 0 Å². The Morgan fingerprint density at radius 1 is 0.812 bits per heavy atom. The van der Waals surface area contributed by atoms with Gasteiger partial charge >= 0.3 is 0 Å². The third kappa shape index (κ3) is 6.38. The molecule has 0 bridgehead atoms. The number of ether oxygens (including phenoxy) is 1. The highest BCUT2D eigenvalue weighted by atomic mass is 16.5. The zero-order valence-corrected chi connectivity index (χ0v) is 19.2. The van der Waals surface area contributed by atoms with Crippen molar-refractivity contribution >= 4 is 11.1 Å². The van der Waals surface area contributed by atoms with E-state index in [0.29, 0.717) is 6.61 Å². The highest BCUT2D eigenvalue weighted by Gasteiger charge is 2.15. The van der Waals surface area contributed by atoms with Crippen LogP contribution >= 0.6 is 0 Å². The number of nitrogens with zero attached hydrogens (tertiary/aromatic N) is 1. The van der Waals surface area contributed by atoms with Crippen LogP contribution in [0.5, 0.6) is 17.2 Å². The summed E-state index contributed by atoms with van der Waals surface area (Å²) in [6, 6.07) is 22.9. The molecule has 0 atom stereocenters. The second-order valence-electron chi connectivity index (χ2n) is 8.23. The SMILES string of the molecule is CCCCC(=C(c1ccc(O)cc1)c1ccc(O)cc1)c1cccc(OCCN(C)C)c1. The van der Waals surface area contributed by atoms with Gasteiger partial charge in [0.1, 0.15) is 23.9 Å². The molecule has 0 unspecified atom stereocenters. The van der Waals surface area contributed by atoms with Crippen LogP contribution in [-0.4, -0.2) is 42.4 Å².